The number of amides is 1. The van der Waals surface area contributed by atoms with E-state index in [1.165, 1.54) is 4.68 Å². The molecule has 1 aromatic carbocycles. The van der Waals surface area contributed by atoms with E-state index in [2.05, 4.69) is 10.4 Å². The van der Waals surface area contributed by atoms with Gasteiger partial charge in [0.1, 0.15) is 17.3 Å². The van der Waals surface area contributed by atoms with Crippen molar-refractivity contribution in [2.45, 2.75) is 32.4 Å². The lowest BCUT2D eigenvalue weighted by molar-refractivity contribution is -0.124. The third-order valence-corrected chi connectivity index (χ3v) is 5.05. The highest BCUT2D eigenvalue weighted by atomic mass is 16.3. The van der Waals surface area contributed by atoms with Crippen LogP contribution < -0.4 is 10.9 Å². The first-order valence-electron chi connectivity index (χ1n) is 9.25. The van der Waals surface area contributed by atoms with Gasteiger partial charge in [-0.3, -0.25) is 9.59 Å². The molecule has 0 aliphatic heterocycles. The van der Waals surface area contributed by atoms with E-state index in [4.69, 9.17) is 4.42 Å². The highest BCUT2D eigenvalue weighted by molar-refractivity contribution is 6.08. The minimum atomic E-state index is -0.559. The zero-order valence-electron chi connectivity index (χ0n) is 16.0. The van der Waals surface area contributed by atoms with Gasteiger partial charge in [-0.1, -0.05) is 18.2 Å². The van der Waals surface area contributed by atoms with Gasteiger partial charge in [0.25, 0.3) is 5.56 Å². The van der Waals surface area contributed by atoms with E-state index >= 15 is 0 Å². The monoisotopic (exact) mass is 378 g/mol. The van der Waals surface area contributed by atoms with Gasteiger partial charge in [0, 0.05) is 30.3 Å². The summed E-state index contributed by atoms with van der Waals surface area (Å²) in [4.78, 5) is 25.8. The van der Waals surface area contributed by atoms with Crippen LogP contribution in [0.3, 0.4) is 0 Å². The Balaban J connectivity index is 1.73. The zero-order valence-corrected chi connectivity index (χ0v) is 16.0. The number of benzene rings is 1. The van der Waals surface area contributed by atoms with Crippen LogP contribution in [-0.2, 0) is 18.3 Å². The van der Waals surface area contributed by atoms with Crippen molar-refractivity contribution in [2.75, 3.05) is 0 Å². The molecule has 2 unspecified atom stereocenters. The first-order chi connectivity index (χ1) is 13.5. The number of aromatic nitrogens is 3. The molecule has 3 aromatic heterocycles. The van der Waals surface area contributed by atoms with E-state index in [0.29, 0.717) is 11.9 Å². The van der Waals surface area contributed by atoms with Crippen LogP contribution >= 0.6 is 0 Å². The second-order valence-electron chi connectivity index (χ2n) is 7.09. The van der Waals surface area contributed by atoms with E-state index in [-0.39, 0.29) is 17.5 Å². The molecule has 2 atom stereocenters. The fourth-order valence-corrected chi connectivity index (χ4v) is 3.65. The van der Waals surface area contributed by atoms with Gasteiger partial charge in [0.05, 0.1) is 18.0 Å². The number of nitrogens with zero attached hydrogens (tertiary/aromatic N) is 3. The lowest BCUT2D eigenvalue weighted by Gasteiger charge is -2.19. The number of carbonyl (C=O) groups excluding carboxylic acids is 1. The molecule has 3 heterocycles. The van der Waals surface area contributed by atoms with Gasteiger partial charge in [-0.15, -0.1) is 0 Å². The fraction of sp³-hybridized carbons (Fsp3) is 0.286. The van der Waals surface area contributed by atoms with Gasteiger partial charge in [-0.05, 0) is 32.0 Å². The maximum atomic E-state index is 13.0. The van der Waals surface area contributed by atoms with Crippen molar-refractivity contribution < 1.29 is 9.21 Å². The van der Waals surface area contributed by atoms with Crippen LogP contribution in [0.4, 0.5) is 0 Å². The van der Waals surface area contributed by atoms with E-state index in [0.717, 1.165) is 22.0 Å². The number of fused-ring (bicyclic) bond motifs is 3. The van der Waals surface area contributed by atoms with Crippen LogP contribution in [0, 0.1) is 0 Å². The smallest absolute Gasteiger partial charge is 0.291 e. The van der Waals surface area contributed by atoms with Gasteiger partial charge in [0.2, 0.25) is 5.91 Å². The molecule has 0 bridgehead atoms. The minimum absolute atomic E-state index is 0.0984. The van der Waals surface area contributed by atoms with Crippen molar-refractivity contribution in [3.63, 3.8) is 0 Å². The SMILES string of the molecule is CC(Cc1ccco1)NC(=O)C(C)n1c2ccccc2c2cnn(C)c(=O)c21. The molecule has 0 radical (unpaired) electrons. The molecule has 0 spiro atoms. The maximum absolute atomic E-state index is 13.0. The number of hydrogen-bond donors (Lipinski definition) is 1. The number of carbonyl (C=O) groups is 1. The Labute approximate surface area is 161 Å². The summed E-state index contributed by atoms with van der Waals surface area (Å²) in [6.45, 7) is 3.74. The molecule has 0 saturated carbocycles. The molecule has 144 valence electrons. The third kappa shape index (κ3) is 2.98. The molecule has 1 N–H and O–H groups in total. The number of para-hydroxylation sites is 1. The van der Waals surface area contributed by atoms with Crippen LogP contribution in [-0.4, -0.2) is 26.3 Å². The first-order valence-corrected chi connectivity index (χ1v) is 9.25. The van der Waals surface area contributed by atoms with Gasteiger partial charge < -0.3 is 14.3 Å². The molecule has 0 fully saturated rings. The van der Waals surface area contributed by atoms with Crippen LogP contribution in [0.25, 0.3) is 21.8 Å². The van der Waals surface area contributed by atoms with Crippen LogP contribution in [0.2, 0.25) is 0 Å². The van der Waals surface area contributed by atoms with Gasteiger partial charge in [0.15, 0.2) is 0 Å². The lowest BCUT2D eigenvalue weighted by Crippen LogP contribution is -2.38. The van der Waals surface area contributed by atoms with Crippen molar-refractivity contribution in [2.24, 2.45) is 7.05 Å². The quantitative estimate of drug-likeness (QED) is 0.579. The summed E-state index contributed by atoms with van der Waals surface area (Å²) in [6, 6.07) is 10.7. The second kappa shape index (κ2) is 6.99. The Morgan fingerprint density at radius 3 is 2.71 bits per heavy atom. The highest BCUT2D eigenvalue weighted by Gasteiger charge is 2.24. The predicted molar refractivity (Wildman–Crippen MR) is 107 cm³/mol. The van der Waals surface area contributed by atoms with E-state index in [1.807, 2.05) is 47.9 Å². The molecule has 0 aliphatic rings. The molecule has 0 saturated heterocycles. The Hall–Kier alpha value is -3.35. The topological polar surface area (TPSA) is 82.1 Å². The van der Waals surface area contributed by atoms with Crippen LogP contribution in [0.1, 0.15) is 25.6 Å². The van der Waals surface area contributed by atoms with Crippen molar-refractivity contribution in [3.05, 3.63) is 65.0 Å². The number of furan rings is 1. The lowest BCUT2D eigenvalue weighted by atomic mass is 10.2. The van der Waals surface area contributed by atoms with Gasteiger partial charge in [-0.2, -0.15) is 5.10 Å². The fourth-order valence-electron chi connectivity index (χ4n) is 3.65. The number of rotatable bonds is 5. The first kappa shape index (κ1) is 18.0. The van der Waals surface area contributed by atoms with Crippen molar-refractivity contribution >= 4 is 27.7 Å². The Kier molecular flexibility index (Phi) is 4.50. The van der Waals surface area contributed by atoms with E-state index in [9.17, 15) is 9.59 Å². The zero-order chi connectivity index (χ0) is 19.8. The van der Waals surface area contributed by atoms with E-state index < -0.39 is 6.04 Å². The van der Waals surface area contributed by atoms with Crippen LogP contribution in [0.15, 0.2) is 58.1 Å². The summed E-state index contributed by atoms with van der Waals surface area (Å²) < 4.78 is 8.46. The maximum Gasteiger partial charge on any atom is 0.291 e. The van der Waals surface area contributed by atoms with Crippen molar-refractivity contribution in [1.29, 1.82) is 0 Å². The average Bonchev–Trinajstić information content (AvgIpc) is 3.30. The third-order valence-electron chi connectivity index (χ3n) is 5.05. The largest absolute Gasteiger partial charge is 0.469 e. The molecule has 28 heavy (non-hydrogen) atoms. The summed E-state index contributed by atoms with van der Waals surface area (Å²) in [5.74, 6) is 0.665. The van der Waals surface area contributed by atoms with Crippen molar-refractivity contribution in [1.82, 2.24) is 19.7 Å². The summed E-state index contributed by atoms with van der Waals surface area (Å²) >= 11 is 0. The van der Waals surface area contributed by atoms with Gasteiger partial charge in [-0.25, -0.2) is 4.68 Å². The number of aryl methyl sites for hydroxylation is 1. The van der Waals surface area contributed by atoms with Crippen molar-refractivity contribution in [3.8, 4) is 0 Å². The number of hydrogen-bond acceptors (Lipinski definition) is 4. The number of nitrogens with one attached hydrogen (secondary N) is 1. The van der Waals surface area contributed by atoms with Gasteiger partial charge >= 0.3 is 0 Å². The highest BCUT2D eigenvalue weighted by Crippen LogP contribution is 2.29. The summed E-state index contributed by atoms with van der Waals surface area (Å²) in [6.07, 6.45) is 3.90. The summed E-state index contributed by atoms with van der Waals surface area (Å²) in [5, 5.41) is 8.83. The average molecular weight is 378 g/mol. The molecular weight excluding hydrogens is 356 g/mol. The molecule has 0 aliphatic carbocycles. The molecule has 7 nitrogen and oxygen atoms in total. The normalized spacial score (nSPS) is 13.7. The Bertz CT molecular complexity index is 1200. The minimum Gasteiger partial charge on any atom is -0.469 e. The molecule has 7 heteroatoms. The molecule has 1 amide bonds. The molecular formula is C21H22N4O3. The standard InChI is InChI=1S/C21H22N4O3/c1-13(11-15-7-6-10-28-15)23-20(26)14(2)25-18-9-5-4-8-16(18)17-12-22-24(3)21(27)19(17)25/h4-10,12-14H,11H2,1-3H3,(H,23,26). The second-order valence-corrected chi connectivity index (χ2v) is 7.09. The molecule has 4 rings (SSSR count). The van der Waals surface area contributed by atoms with Crippen LogP contribution in [0.5, 0.6) is 0 Å². The summed E-state index contributed by atoms with van der Waals surface area (Å²) in [5.41, 5.74) is 1.10. The van der Waals surface area contributed by atoms with E-state index in [1.54, 1.807) is 26.4 Å². The predicted octanol–water partition coefficient (Wildman–Crippen LogP) is 2.79. The molecule has 4 aromatic rings. The Morgan fingerprint density at radius 1 is 1.18 bits per heavy atom. The summed E-state index contributed by atoms with van der Waals surface area (Å²) in [7, 11) is 1.61. The Morgan fingerprint density at radius 2 is 1.96 bits per heavy atom.